The quantitative estimate of drug-likeness (QED) is 0.820. The first kappa shape index (κ1) is 21.0. The second-order valence-electron chi connectivity index (χ2n) is 8.05. The summed E-state index contributed by atoms with van der Waals surface area (Å²) in [5.41, 5.74) is 2.42. The number of anilines is 1. The maximum atomic E-state index is 14.4. The number of benzene rings is 2. The van der Waals surface area contributed by atoms with Crippen LogP contribution >= 0.6 is 0 Å². The average Bonchev–Trinajstić information content (AvgIpc) is 3.32. The number of nitrogens with zero attached hydrogens (tertiary/aromatic N) is 2. The Kier molecular flexibility index (Phi) is 6.02. The molecule has 2 aliphatic rings. The monoisotopic (exact) mass is 423 g/mol. The number of nitrogens with one attached hydrogen (secondary N) is 1. The van der Waals surface area contributed by atoms with E-state index >= 15 is 0 Å². The minimum Gasteiger partial charge on any atom is -0.341 e. The van der Waals surface area contributed by atoms with Gasteiger partial charge in [0.05, 0.1) is 5.56 Å². The summed E-state index contributed by atoms with van der Waals surface area (Å²) in [6.07, 6.45) is 2.64. The molecule has 1 saturated heterocycles. The fourth-order valence-corrected chi connectivity index (χ4v) is 4.28. The number of amides is 3. The Morgan fingerprint density at radius 1 is 1.06 bits per heavy atom. The van der Waals surface area contributed by atoms with Gasteiger partial charge in [-0.25, -0.2) is 4.39 Å². The second-order valence-corrected chi connectivity index (χ2v) is 8.05. The van der Waals surface area contributed by atoms with Crippen LogP contribution in [0.1, 0.15) is 47.7 Å². The molecule has 0 spiro atoms. The van der Waals surface area contributed by atoms with Gasteiger partial charge in [-0.05, 0) is 48.2 Å². The molecule has 31 heavy (non-hydrogen) atoms. The summed E-state index contributed by atoms with van der Waals surface area (Å²) in [5.74, 6) is -1.28. The van der Waals surface area contributed by atoms with Crippen molar-refractivity contribution in [1.82, 2.24) is 9.80 Å². The SMILES string of the molecule is CCC(=O)Nc1ccc2c(c1)CN(C(=O)c1ccccc1F)C(C(=O)N1CCCC1)C2. The number of hydrogen-bond acceptors (Lipinski definition) is 3. The molecule has 3 amide bonds. The molecule has 2 heterocycles. The molecule has 0 bridgehead atoms. The zero-order chi connectivity index (χ0) is 22.0. The fraction of sp³-hybridized carbons (Fsp3) is 0.375. The van der Waals surface area contributed by atoms with Crippen LogP contribution in [0.3, 0.4) is 0 Å². The standard InChI is InChI=1S/C24H26FN3O3/c1-2-22(29)26-18-10-9-16-14-21(24(31)27-11-5-6-12-27)28(15-17(16)13-18)23(30)19-7-3-4-8-20(19)25/h3-4,7-10,13,21H,2,5-6,11-12,14-15H2,1H3,(H,26,29). The number of carbonyl (C=O) groups is 3. The minimum absolute atomic E-state index is 0.0411. The smallest absolute Gasteiger partial charge is 0.257 e. The predicted octanol–water partition coefficient (Wildman–Crippen LogP) is 3.36. The summed E-state index contributed by atoms with van der Waals surface area (Å²) in [6.45, 7) is 3.33. The highest BCUT2D eigenvalue weighted by Gasteiger charge is 2.38. The van der Waals surface area contributed by atoms with Gasteiger partial charge in [0.2, 0.25) is 11.8 Å². The van der Waals surface area contributed by atoms with Crippen LogP contribution in [0, 0.1) is 5.82 Å². The molecule has 1 N–H and O–H groups in total. The van der Waals surface area contributed by atoms with Crippen LogP contribution in [-0.2, 0) is 22.6 Å². The molecule has 0 radical (unpaired) electrons. The summed E-state index contributed by atoms with van der Waals surface area (Å²) >= 11 is 0. The summed E-state index contributed by atoms with van der Waals surface area (Å²) in [6, 6.07) is 10.7. The van der Waals surface area contributed by atoms with Gasteiger partial charge >= 0.3 is 0 Å². The molecular weight excluding hydrogens is 397 g/mol. The number of fused-ring (bicyclic) bond motifs is 1. The topological polar surface area (TPSA) is 69.7 Å². The first-order valence-electron chi connectivity index (χ1n) is 10.7. The van der Waals surface area contributed by atoms with Crippen molar-refractivity contribution in [2.24, 2.45) is 0 Å². The van der Waals surface area contributed by atoms with E-state index in [1.54, 1.807) is 17.9 Å². The zero-order valence-corrected chi connectivity index (χ0v) is 17.6. The summed E-state index contributed by atoms with van der Waals surface area (Å²) in [7, 11) is 0. The van der Waals surface area contributed by atoms with Crippen LogP contribution in [0.25, 0.3) is 0 Å². The molecule has 1 unspecified atom stereocenters. The van der Waals surface area contributed by atoms with Crippen molar-refractivity contribution in [2.45, 2.75) is 45.2 Å². The fourth-order valence-electron chi connectivity index (χ4n) is 4.28. The van der Waals surface area contributed by atoms with Crippen LogP contribution in [-0.4, -0.2) is 46.7 Å². The lowest BCUT2D eigenvalue weighted by Crippen LogP contribution is -2.53. The Hall–Kier alpha value is -3.22. The van der Waals surface area contributed by atoms with Crippen molar-refractivity contribution in [2.75, 3.05) is 18.4 Å². The molecule has 162 valence electrons. The first-order valence-corrected chi connectivity index (χ1v) is 10.7. The van der Waals surface area contributed by atoms with Crippen molar-refractivity contribution in [3.63, 3.8) is 0 Å². The van der Waals surface area contributed by atoms with Crippen LogP contribution in [0.4, 0.5) is 10.1 Å². The van der Waals surface area contributed by atoms with Gasteiger partial charge in [-0.2, -0.15) is 0 Å². The lowest BCUT2D eigenvalue weighted by atomic mass is 9.92. The molecule has 2 aromatic carbocycles. The Morgan fingerprint density at radius 3 is 2.52 bits per heavy atom. The largest absolute Gasteiger partial charge is 0.341 e. The Balaban J connectivity index is 1.68. The lowest BCUT2D eigenvalue weighted by Gasteiger charge is -2.38. The van der Waals surface area contributed by atoms with Crippen molar-refractivity contribution in [3.05, 3.63) is 65.0 Å². The summed E-state index contributed by atoms with van der Waals surface area (Å²) in [5, 5.41) is 2.83. The van der Waals surface area contributed by atoms with E-state index in [0.29, 0.717) is 31.6 Å². The zero-order valence-electron chi connectivity index (χ0n) is 17.6. The maximum absolute atomic E-state index is 14.4. The molecular formula is C24H26FN3O3. The molecule has 0 aromatic heterocycles. The van der Waals surface area contributed by atoms with E-state index in [4.69, 9.17) is 0 Å². The third-order valence-electron chi connectivity index (χ3n) is 6.01. The molecule has 0 saturated carbocycles. The van der Waals surface area contributed by atoms with Crippen molar-refractivity contribution in [1.29, 1.82) is 0 Å². The molecule has 0 aliphatic carbocycles. The van der Waals surface area contributed by atoms with Crippen LogP contribution in [0.15, 0.2) is 42.5 Å². The van der Waals surface area contributed by atoms with Gasteiger partial charge in [0.25, 0.3) is 5.91 Å². The first-order chi connectivity index (χ1) is 15.0. The highest BCUT2D eigenvalue weighted by molar-refractivity contribution is 5.98. The van der Waals surface area contributed by atoms with Gasteiger partial charge in [0.15, 0.2) is 0 Å². The van der Waals surface area contributed by atoms with E-state index < -0.39 is 17.8 Å². The molecule has 1 fully saturated rings. The van der Waals surface area contributed by atoms with Gasteiger partial charge in [-0.1, -0.05) is 25.1 Å². The van der Waals surface area contributed by atoms with Gasteiger partial charge in [0, 0.05) is 38.2 Å². The number of likely N-dealkylation sites (tertiary alicyclic amines) is 1. The normalized spacial score (nSPS) is 17.9. The number of rotatable bonds is 4. The summed E-state index contributed by atoms with van der Waals surface area (Å²) < 4.78 is 14.4. The van der Waals surface area contributed by atoms with Crippen LogP contribution in [0.2, 0.25) is 0 Å². The van der Waals surface area contributed by atoms with Crippen molar-refractivity contribution in [3.8, 4) is 0 Å². The number of carbonyl (C=O) groups excluding carboxylic acids is 3. The molecule has 4 rings (SSSR count). The van der Waals surface area contributed by atoms with E-state index in [2.05, 4.69) is 5.32 Å². The number of hydrogen-bond donors (Lipinski definition) is 1. The highest BCUT2D eigenvalue weighted by atomic mass is 19.1. The molecule has 2 aromatic rings. The summed E-state index contributed by atoms with van der Waals surface area (Å²) in [4.78, 5) is 41.6. The van der Waals surface area contributed by atoms with Gasteiger partial charge < -0.3 is 15.1 Å². The van der Waals surface area contributed by atoms with E-state index in [9.17, 15) is 18.8 Å². The van der Waals surface area contributed by atoms with Gasteiger partial charge in [0.1, 0.15) is 11.9 Å². The van der Waals surface area contributed by atoms with E-state index in [1.165, 1.54) is 23.1 Å². The molecule has 2 aliphatic heterocycles. The highest BCUT2D eigenvalue weighted by Crippen LogP contribution is 2.29. The van der Waals surface area contributed by atoms with Crippen LogP contribution < -0.4 is 5.32 Å². The second kappa shape index (κ2) is 8.88. The lowest BCUT2D eigenvalue weighted by molar-refractivity contribution is -0.135. The Morgan fingerprint density at radius 2 is 1.81 bits per heavy atom. The predicted molar refractivity (Wildman–Crippen MR) is 115 cm³/mol. The van der Waals surface area contributed by atoms with Crippen molar-refractivity contribution < 1.29 is 18.8 Å². The third-order valence-corrected chi connectivity index (χ3v) is 6.01. The van der Waals surface area contributed by atoms with E-state index in [0.717, 1.165) is 24.0 Å². The Labute approximate surface area is 181 Å². The Bertz CT molecular complexity index is 1020. The van der Waals surface area contributed by atoms with Gasteiger partial charge in [-0.3, -0.25) is 14.4 Å². The molecule has 1 atom stereocenters. The van der Waals surface area contributed by atoms with E-state index in [-0.39, 0.29) is 23.9 Å². The van der Waals surface area contributed by atoms with Crippen LogP contribution in [0.5, 0.6) is 0 Å². The number of halogens is 1. The molecule has 6 nitrogen and oxygen atoms in total. The van der Waals surface area contributed by atoms with Gasteiger partial charge in [-0.15, -0.1) is 0 Å². The maximum Gasteiger partial charge on any atom is 0.257 e. The molecule has 7 heteroatoms. The van der Waals surface area contributed by atoms with E-state index in [1.807, 2.05) is 18.2 Å². The average molecular weight is 423 g/mol. The minimum atomic E-state index is -0.672. The third kappa shape index (κ3) is 4.31. The van der Waals surface area contributed by atoms with Crippen molar-refractivity contribution >= 4 is 23.4 Å².